The molecule has 2 fully saturated rings. The Labute approximate surface area is 148 Å². The van der Waals surface area contributed by atoms with Gasteiger partial charge in [0.25, 0.3) is 0 Å². The van der Waals surface area contributed by atoms with Gasteiger partial charge in [-0.25, -0.2) is 4.79 Å². The molecule has 1 aromatic rings. The minimum Gasteiger partial charge on any atom is -0.494 e. The molecule has 25 heavy (non-hydrogen) atoms. The van der Waals surface area contributed by atoms with Crippen LogP contribution in [0.1, 0.15) is 13.3 Å². The molecule has 7 heteroatoms. The number of carbonyl (C=O) groups excluding carboxylic acids is 2. The van der Waals surface area contributed by atoms with E-state index in [1.807, 2.05) is 36.1 Å². The number of benzene rings is 1. The van der Waals surface area contributed by atoms with Crippen molar-refractivity contribution in [1.82, 2.24) is 15.1 Å². The Balaban J connectivity index is 1.55. The lowest BCUT2D eigenvalue weighted by Crippen LogP contribution is -2.52. The van der Waals surface area contributed by atoms with Crippen LogP contribution in [-0.4, -0.2) is 74.2 Å². The number of nitrogens with zero attached hydrogens (tertiary/aromatic N) is 3. The maximum Gasteiger partial charge on any atom is 0.317 e. The van der Waals surface area contributed by atoms with Crippen LogP contribution in [0.2, 0.25) is 0 Å². The number of amides is 3. The van der Waals surface area contributed by atoms with E-state index < -0.39 is 0 Å². The summed E-state index contributed by atoms with van der Waals surface area (Å²) in [7, 11) is 2.06. The van der Waals surface area contributed by atoms with E-state index in [4.69, 9.17) is 4.74 Å². The Morgan fingerprint density at radius 1 is 1.20 bits per heavy atom. The fraction of sp³-hybridized carbons (Fsp3) is 0.556. The molecule has 1 aromatic carbocycles. The summed E-state index contributed by atoms with van der Waals surface area (Å²) in [6.45, 7) is 6.28. The second-order valence-corrected chi connectivity index (χ2v) is 6.57. The zero-order valence-corrected chi connectivity index (χ0v) is 14.9. The van der Waals surface area contributed by atoms with Gasteiger partial charge in [0.2, 0.25) is 5.91 Å². The van der Waals surface area contributed by atoms with Crippen LogP contribution < -0.4 is 15.0 Å². The van der Waals surface area contributed by atoms with Crippen molar-refractivity contribution in [1.29, 1.82) is 0 Å². The van der Waals surface area contributed by atoms with E-state index in [0.29, 0.717) is 19.6 Å². The molecular weight excluding hydrogens is 320 g/mol. The van der Waals surface area contributed by atoms with Crippen LogP contribution in [0.5, 0.6) is 5.75 Å². The molecule has 0 saturated carbocycles. The number of likely N-dealkylation sites (N-methyl/N-ethyl adjacent to an activating group) is 1. The van der Waals surface area contributed by atoms with Gasteiger partial charge >= 0.3 is 6.03 Å². The summed E-state index contributed by atoms with van der Waals surface area (Å²) >= 11 is 0. The van der Waals surface area contributed by atoms with E-state index in [1.165, 1.54) is 0 Å². The van der Waals surface area contributed by atoms with Crippen molar-refractivity contribution in [2.75, 3.05) is 51.3 Å². The van der Waals surface area contributed by atoms with Crippen molar-refractivity contribution in [3.05, 3.63) is 24.3 Å². The molecule has 2 heterocycles. The minimum atomic E-state index is -0.147. The summed E-state index contributed by atoms with van der Waals surface area (Å²) in [5.74, 6) is 0.825. The standard InChI is InChI=1S/C18H26N4O3/c1-3-25-16-6-4-15(5-7-16)22-13-14(12-17(22)23)19-18(24)21-10-8-20(2)9-11-21/h4-7,14H,3,8-13H2,1-2H3,(H,19,24)/t14-/m1/s1. The van der Waals surface area contributed by atoms with E-state index in [9.17, 15) is 9.59 Å². The lowest BCUT2D eigenvalue weighted by atomic mass is 10.2. The van der Waals surface area contributed by atoms with Crippen molar-refractivity contribution in [2.24, 2.45) is 0 Å². The van der Waals surface area contributed by atoms with Crippen LogP contribution >= 0.6 is 0 Å². The van der Waals surface area contributed by atoms with Crippen molar-refractivity contribution in [3.63, 3.8) is 0 Å². The molecule has 136 valence electrons. The van der Waals surface area contributed by atoms with Crippen molar-refractivity contribution in [2.45, 2.75) is 19.4 Å². The molecule has 3 rings (SSSR count). The van der Waals surface area contributed by atoms with Gasteiger partial charge < -0.3 is 24.8 Å². The third kappa shape index (κ3) is 4.22. The first-order valence-electron chi connectivity index (χ1n) is 8.84. The van der Waals surface area contributed by atoms with Gasteiger partial charge in [-0.1, -0.05) is 0 Å². The number of piperazine rings is 1. The predicted molar refractivity (Wildman–Crippen MR) is 96.0 cm³/mol. The van der Waals surface area contributed by atoms with Gasteiger partial charge in [0.15, 0.2) is 0 Å². The van der Waals surface area contributed by atoms with Gasteiger partial charge in [-0.3, -0.25) is 4.79 Å². The van der Waals surface area contributed by atoms with Crippen molar-refractivity contribution >= 4 is 17.6 Å². The zero-order chi connectivity index (χ0) is 17.8. The summed E-state index contributed by atoms with van der Waals surface area (Å²) in [6, 6.07) is 7.27. The van der Waals surface area contributed by atoms with E-state index in [0.717, 1.165) is 37.6 Å². The van der Waals surface area contributed by atoms with Crippen molar-refractivity contribution in [3.8, 4) is 5.75 Å². The molecule has 0 spiro atoms. The number of ether oxygens (including phenoxy) is 1. The summed E-state index contributed by atoms with van der Waals surface area (Å²) in [5, 5.41) is 3.01. The Morgan fingerprint density at radius 3 is 2.52 bits per heavy atom. The second kappa shape index (κ2) is 7.74. The quantitative estimate of drug-likeness (QED) is 0.888. The number of rotatable bonds is 4. The van der Waals surface area contributed by atoms with Gasteiger partial charge in [-0.2, -0.15) is 0 Å². The topological polar surface area (TPSA) is 65.1 Å². The number of carbonyl (C=O) groups is 2. The van der Waals surface area contributed by atoms with Gasteiger partial charge in [-0.05, 0) is 38.2 Å². The average Bonchev–Trinajstić information content (AvgIpc) is 2.96. The van der Waals surface area contributed by atoms with Gasteiger partial charge in [-0.15, -0.1) is 0 Å². The van der Waals surface area contributed by atoms with Crippen LogP contribution in [0.3, 0.4) is 0 Å². The molecule has 1 atom stereocenters. The maximum absolute atomic E-state index is 12.4. The largest absolute Gasteiger partial charge is 0.494 e. The van der Waals surface area contributed by atoms with Crippen LogP contribution in [-0.2, 0) is 4.79 Å². The van der Waals surface area contributed by atoms with E-state index in [1.54, 1.807) is 4.90 Å². The molecule has 0 unspecified atom stereocenters. The highest BCUT2D eigenvalue weighted by molar-refractivity contribution is 5.96. The van der Waals surface area contributed by atoms with Crippen LogP contribution in [0.15, 0.2) is 24.3 Å². The van der Waals surface area contributed by atoms with Crippen molar-refractivity contribution < 1.29 is 14.3 Å². The smallest absolute Gasteiger partial charge is 0.317 e. The number of anilines is 1. The van der Waals surface area contributed by atoms with Crippen LogP contribution in [0.4, 0.5) is 10.5 Å². The summed E-state index contributed by atoms with van der Waals surface area (Å²) in [5.41, 5.74) is 0.838. The normalized spacial score (nSPS) is 21.5. The lowest BCUT2D eigenvalue weighted by molar-refractivity contribution is -0.117. The number of hydrogen-bond acceptors (Lipinski definition) is 4. The fourth-order valence-corrected chi connectivity index (χ4v) is 3.22. The SMILES string of the molecule is CCOc1ccc(N2C[C@H](NC(=O)N3CCN(C)CC3)CC2=O)cc1. The molecule has 2 aliphatic rings. The van der Waals surface area contributed by atoms with Gasteiger partial charge in [0, 0.05) is 44.8 Å². The predicted octanol–water partition coefficient (Wildman–Crippen LogP) is 1.15. The lowest BCUT2D eigenvalue weighted by Gasteiger charge is -2.33. The molecule has 0 aromatic heterocycles. The second-order valence-electron chi connectivity index (χ2n) is 6.57. The molecule has 0 radical (unpaired) electrons. The fourth-order valence-electron chi connectivity index (χ4n) is 3.22. The molecule has 2 saturated heterocycles. The summed E-state index contributed by atoms with van der Waals surface area (Å²) in [4.78, 5) is 30.5. The third-order valence-electron chi connectivity index (χ3n) is 4.70. The highest BCUT2D eigenvalue weighted by Gasteiger charge is 2.32. The third-order valence-corrected chi connectivity index (χ3v) is 4.70. The highest BCUT2D eigenvalue weighted by Crippen LogP contribution is 2.24. The number of hydrogen-bond donors (Lipinski definition) is 1. The maximum atomic E-state index is 12.4. The molecule has 7 nitrogen and oxygen atoms in total. The Kier molecular flexibility index (Phi) is 5.43. The number of nitrogens with one attached hydrogen (secondary N) is 1. The monoisotopic (exact) mass is 346 g/mol. The average molecular weight is 346 g/mol. The molecule has 1 N–H and O–H groups in total. The first-order valence-corrected chi connectivity index (χ1v) is 8.84. The minimum absolute atomic E-state index is 0.0350. The van der Waals surface area contributed by atoms with Crippen LogP contribution in [0, 0.1) is 0 Å². The van der Waals surface area contributed by atoms with E-state index in [-0.39, 0.29) is 18.0 Å². The molecular formula is C18H26N4O3. The van der Waals surface area contributed by atoms with Gasteiger partial charge in [0.05, 0.1) is 12.6 Å². The Hall–Kier alpha value is -2.28. The Morgan fingerprint density at radius 2 is 1.88 bits per heavy atom. The Bertz CT molecular complexity index is 611. The van der Waals surface area contributed by atoms with Gasteiger partial charge in [0.1, 0.15) is 5.75 Å². The zero-order valence-electron chi connectivity index (χ0n) is 14.9. The molecule has 0 aliphatic carbocycles. The first-order chi connectivity index (χ1) is 12.1. The molecule has 2 aliphatic heterocycles. The summed E-state index contributed by atoms with van der Waals surface area (Å²) in [6.07, 6.45) is 0.340. The summed E-state index contributed by atoms with van der Waals surface area (Å²) < 4.78 is 5.43. The number of urea groups is 1. The molecule has 0 bridgehead atoms. The van der Waals surface area contributed by atoms with E-state index in [2.05, 4.69) is 17.3 Å². The van der Waals surface area contributed by atoms with Crippen LogP contribution in [0.25, 0.3) is 0 Å². The highest BCUT2D eigenvalue weighted by atomic mass is 16.5. The van der Waals surface area contributed by atoms with E-state index >= 15 is 0 Å². The first kappa shape index (κ1) is 17.5. The molecule has 3 amide bonds.